The predicted molar refractivity (Wildman–Crippen MR) is 84.8 cm³/mol. The number of hydrogen-bond acceptors (Lipinski definition) is 3. The van der Waals surface area contributed by atoms with Crippen LogP contribution in [0.4, 0.5) is 0 Å². The Morgan fingerprint density at radius 3 is 2.70 bits per heavy atom. The zero-order valence-corrected chi connectivity index (χ0v) is 13.7. The second-order valence-corrected chi connectivity index (χ2v) is 6.46. The first-order valence-electron chi connectivity index (χ1n) is 8.29. The summed E-state index contributed by atoms with van der Waals surface area (Å²) in [6.45, 7) is 12.4. The van der Waals surface area contributed by atoms with Crippen LogP contribution in [0.3, 0.4) is 0 Å². The maximum absolute atomic E-state index is 12.3. The first kappa shape index (κ1) is 17.4. The predicted octanol–water partition coefficient (Wildman–Crippen LogP) is 2.00. The second kappa shape index (κ2) is 9.35. The third-order valence-electron chi connectivity index (χ3n) is 4.03. The van der Waals surface area contributed by atoms with Crippen molar-refractivity contribution in [3.63, 3.8) is 0 Å². The van der Waals surface area contributed by atoms with Gasteiger partial charge >= 0.3 is 0 Å². The highest BCUT2D eigenvalue weighted by molar-refractivity contribution is 5.81. The molecule has 0 aliphatic carbocycles. The molecule has 1 fully saturated rings. The van der Waals surface area contributed by atoms with E-state index in [2.05, 4.69) is 36.3 Å². The van der Waals surface area contributed by atoms with Gasteiger partial charge in [0.15, 0.2) is 0 Å². The molecule has 4 nitrogen and oxygen atoms in total. The highest BCUT2D eigenvalue weighted by atomic mass is 16.2. The molecule has 1 rings (SSSR count). The van der Waals surface area contributed by atoms with Gasteiger partial charge in [-0.1, -0.05) is 27.2 Å². The van der Waals surface area contributed by atoms with Crippen molar-refractivity contribution in [2.75, 3.05) is 26.2 Å². The number of carbonyl (C=O) groups excluding carboxylic acids is 1. The van der Waals surface area contributed by atoms with E-state index in [1.807, 2.05) is 6.92 Å². The van der Waals surface area contributed by atoms with E-state index < -0.39 is 0 Å². The molecule has 0 aromatic carbocycles. The van der Waals surface area contributed by atoms with Gasteiger partial charge in [-0.05, 0) is 45.2 Å². The largest absolute Gasteiger partial charge is 0.354 e. The summed E-state index contributed by atoms with van der Waals surface area (Å²) in [6.07, 6.45) is 4.84. The van der Waals surface area contributed by atoms with Crippen molar-refractivity contribution >= 4 is 5.91 Å². The third kappa shape index (κ3) is 6.23. The number of nitrogens with zero attached hydrogens (tertiary/aromatic N) is 1. The molecule has 1 aliphatic heterocycles. The Morgan fingerprint density at radius 1 is 1.40 bits per heavy atom. The van der Waals surface area contributed by atoms with E-state index in [1.54, 1.807) is 0 Å². The zero-order valence-electron chi connectivity index (χ0n) is 13.7. The highest BCUT2D eigenvalue weighted by Crippen LogP contribution is 2.11. The summed E-state index contributed by atoms with van der Waals surface area (Å²) in [5.74, 6) is 0.680. The molecule has 0 saturated carbocycles. The molecule has 1 amide bonds. The quantitative estimate of drug-likeness (QED) is 0.680. The summed E-state index contributed by atoms with van der Waals surface area (Å²) in [5, 5.41) is 6.60. The van der Waals surface area contributed by atoms with Crippen LogP contribution in [0.25, 0.3) is 0 Å². The lowest BCUT2D eigenvalue weighted by molar-refractivity contribution is -0.126. The van der Waals surface area contributed by atoms with Crippen molar-refractivity contribution < 1.29 is 4.79 Å². The van der Waals surface area contributed by atoms with Crippen LogP contribution in [0.2, 0.25) is 0 Å². The fraction of sp³-hybridized carbons (Fsp3) is 0.938. The van der Waals surface area contributed by atoms with E-state index in [-0.39, 0.29) is 11.9 Å². The molecule has 0 radical (unpaired) electrons. The normalized spacial score (nSPS) is 20.6. The Kier molecular flexibility index (Phi) is 8.15. The summed E-state index contributed by atoms with van der Waals surface area (Å²) in [4.78, 5) is 14.6. The fourth-order valence-corrected chi connectivity index (χ4v) is 2.62. The SMILES string of the molecule is CCCCN(CC1CCCN1)C(C)C(=O)NCC(C)C. The Hall–Kier alpha value is -0.610. The number of rotatable bonds is 9. The van der Waals surface area contributed by atoms with Crippen molar-refractivity contribution in [1.82, 2.24) is 15.5 Å². The molecule has 1 saturated heterocycles. The van der Waals surface area contributed by atoms with Crippen molar-refractivity contribution in [3.05, 3.63) is 0 Å². The van der Waals surface area contributed by atoms with Crippen LogP contribution in [0.15, 0.2) is 0 Å². The van der Waals surface area contributed by atoms with Crippen molar-refractivity contribution in [3.8, 4) is 0 Å². The lowest BCUT2D eigenvalue weighted by Gasteiger charge is -2.30. The molecule has 2 unspecified atom stereocenters. The van der Waals surface area contributed by atoms with Crippen LogP contribution in [0.5, 0.6) is 0 Å². The van der Waals surface area contributed by atoms with Crippen LogP contribution in [-0.2, 0) is 4.79 Å². The fourth-order valence-electron chi connectivity index (χ4n) is 2.62. The third-order valence-corrected chi connectivity index (χ3v) is 4.03. The summed E-state index contributed by atoms with van der Waals surface area (Å²) in [5.41, 5.74) is 0. The smallest absolute Gasteiger partial charge is 0.237 e. The van der Waals surface area contributed by atoms with E-state index in [4.69, 9.17) is 0 Å². The maximum Gasteiger partial charge on any atom is 0.237 e. The summed E-state index contributed by atoms with van der Waals surface area (Å²) in [7, 11) is 0. The van der Waals surface area contributed by atoms with E-state index in [1.165, 1.54) is 19.3 Å². The molecule has 0 aromatic heterocycles. The number of amides is 1. The van der Waals surface area contributed by atoms with Gasteiger partial charge in [0.05, 0.1) is 6.04 Å². The van der Waals surface area contributed by atoms with Crippen molar-refractivity contribution in [2.24, 2.45) is 5.92 Å². The van der Waals surface area contributed by atoms with Crippen LogP contribution < -0.4 is 10.6 Å². The van der Waals surface area contributed by atoms with Gasteiger partial charge in [-0.15, -0.1) is 0 Å². The van der Waals surface area contributed by atoms with Gasteiger partial charge in [0.25, 0.3) is 0 Å². The summed E-state index contributed by atoms with van der Waals surface area (Å²) >= 11 is 0. The zero-order chi connectivity index (χ0) is 15.0. The number of carbonyl (C=O) groups is 1. The first-order valence-corrected chi connectivity index (χ1v) is 8.29. The van der Waals surface area contributed by atoms with E-state index in [9.17, 15) is 4.79 Å². The van der Waals surface area contributed by atoms with Crippen LogP contribution >= 0.6 is 0 Å². The molecule has 0 spiro atoms. The lowest BCUT2D eigenvalue weighted by Crippen LogP contribution is -2.50. The molecule has 4 heteroatoms. The average Bonchev–Trinajstić information content (AvgIpc) is 2.92. The Bertz CT molecular complexity index is 275. The minimum Gasteiger partial charge on any atom is -0.354 e. The van der Waals surface area contributed by atoms with Crippen LogP contribution in [0, 0.1) is 5.92 Å². The summed E-state index contributed by atoms with van der Waals surface area (Å²) in [6, 6.07) is 0.537. The Labute approximate surface area is 124 Å². The maximum atomic E-state index is 12.3. The molecule has 20 heavy (non-hydrogen) atoms. The number of hydrogen-bond donors (Lipinski definition) is 2. The van der Waals surface area contributed by atoms with Crippen molar-refractivity contribution in [1.29, 1.82) is 0 Å². The molecule has 1 heterocycles. The Morgan fingerprint density at radius 2 is 2.15 bits per heavy atom. The van der Waals surface area contributed by atoms with E-state index in [0.29, 0.717) is 12.0 Å². The number of nitrogens with one attached hydrogen (secondary N) is 2. The molecule has 1 aliphatic rings. The molecule has 0 bridgehead atoms. The highest BCUT2D eigenvalue weighted by Gasteiger charge is 2.25. The molecule has 0 aromatic rings. The second-order valence-electron chi connectivity index (χ2n) is 6.46. The average molecular weight is 283 g/mol. The van der Waals surface area contributed by atoms with Crippen LogP contribution in [-0.4, -0.2) is 49.1 Å². The monoisotopic (exact) mass is 283 g/mol. The molecular weight excluding hydrogens is 250 g/mol. The lowest BCUT2D eigenvalue weighted by atomic mass is 10.1. The number of unbranched alkanes of at least 4 members (excludes halogenated alkanes) is 1. The van der Waals surface area contributed by atoms with Gasteiger partial charge in [-0.2, -0.15) is 0 Å². The van der Waals surface area contributed by atoms with Gasteiger partial charge in [0, 0.05) is 19.1 Å². The van der Waals surface area contributed by atoms with Gasteiger partial charge < -0.3 is 10.6 Å². The standard InChI is InChI=1S/C16H33N3O/c1-5-6-10-19(12-15-8-7-9-17-15)14(4)16(20)18-11-13(2)3/h13-15,17H,5-12H2,1-4H3,(H,18,20). The van der Waals surface area contributed by atoms with E-state index in [0.717, 1.165) is 32.6 Å². The van der Waals surface area contributed by atoms with Gasteiger partial charge in [0.1, 0.15) is 0 Å². The van der Waals surface area contributed by atoms with Gasteiger partial charge in [0.2, 0.25) is 5.91 Å². The summed E-state index contributed by atoms with van der Waals surface area (Å²) < 4.78 is 0. The van der Waals surface area contributed by atoms with Gasteiger partial charge in [-0.25, -0.2) is 0 Å². The minimum atomic E-state index is -0.0253. The topological polar surface area (TPSA) is 44.4 Å². The van der Waals surface area contributed by atoms with E-state index >= 15 is 0 Å². The molecule has 2 N–H and O–H groups in total. The van der Waals surface area contributed by atoms with Crippen LogP contribution in [0.1, 0.15) is 53.4 Å². The molecular formula is C16H33N3O. The Balaban J connectivity index is 2.48. The molecule has 118 valence electrons. The van der Waals surface area contributed by atoms with Crippen molar-refractivity contribution in [2.45, 2.75) is 65.5 Å². The molecule has 2 atom stereocenters. The minimum absolute atomic E-state index is 0.0253. The van der Waals surface area contributed by atoms with Gasteiger partial charge in [-0.3, -0.25) is 9.69 Å². The first-order chi connectivity index (χ1) is 9.54.